The summed E-state index contributed by atoms with van der Waals surface area (Å²) in [5.41, 5.74) is 0.812. The van der Waals surface area contributed by atoms with Crippen molar-refractivity contribution in [2.75, 3.05) is 41.0 Å². The maximum absolute atomic E-state index is 11.8. The van der Waals surface area contributed by atoms with E-state index in [4.69, 9.17) is 14.2 Å². The Hall–Kier alpha value is -1.95. The Labute approximate surface area is 169 Å². The molecule has 6 heteroatoms. The topological polar surface area (TPSA) is 68.2 Å². The zero-order chi connectivity index (χ0) is 20.9. The number of carboxylic acid groups (broad SMARTS) is 1. The lowest BCUT2D eigenvalue weighted by Crippen LogP contribution is -2.23. The first-order chi connectivity index (χ1) is 13.5. The van der Waals surface area contributed by atoms with Gasteiger partial charge in [0.1, 0.15) is 11.3 Å². The Kier molecular flexibility index (Phi) is 11.4. The molecular formula is C22H37NO5. The van der Waals surface area contributed by atoms with Gasteiger partial charge in [0.2, 0.25) is 0 Å². The minimum absolute atomic E-state index is 0.166. The summed E-state index contributed by atoms with van der Waals surface area (Å²) in [6.07, 6.45) is 7.45. The summed E-state index contributed by atoms with van der Waals surface area (Å²) in [4.78, 5) is 14.3. The van der Waals surface area contributed by atoms with E-state index in [1.165, 1.54) is 40.0 Å². The Morgan fingerprint density at radius 3 is 1.96 bits per heavy atom. The van der Waals surface area contributed by atoms with E-state index in [-0.39, 0.29) is 5.56 Å². The van der Waals surface area contributed by atoms with Crippen LogP contribution in [0.15, 0.2) is 6.07 Å². The highest BCUT2D eigenvalue weighted by Gasteiger charge is 2.24. The van der Waals surface area contributed by atoms with Gasteiger partial charge in [0.25, 0.3) is 0 Å². The van der Waals surface area contributed by atoms with Crippen molar-refractivity contribution in [1.29, 1.82) is 0 Å². The lowest BCUT2D eigenvalue weighted by atomic mass is 9.97. The first kappa shape index (κ1) is 24.1. The van der Waals surface area contributed by atoms with E-state index in [0.717, 1.165) is 32.4 Å². The van der Waals surface area contributed by atoms with E-state index >= 15 is 0 Å². The molecule has 0 heterocycles. The van der Waals surface area contributed by atoms with Crippen LogP contribution >= 0.6 is 0 Å². The summed E-state index contributed by atoms with van der Waals surface area (Å²) in [7, 11) is 4.55. The van der Waals surface area contributed by atoms with E-state index < -0.39 is 5.97 Å². The molecule has 0 radical (unpaired) electrons. The van der Waals surface area contributed by atoms with Crippen LogP contribution in [0.2, 0.25) is 0 Å². The van der Waals surface area contributed by atoms with Gasteiger partial charge in [0.05, 0.1) is 21.3 Å². The van der Waals surface area contributed by atoms with Gasteiger partial charge >= 0.3 is 5.97 Å². The first-order valence-corrected chi connectivity index (χ1v) is 10.3. The maximum Gasteiger partial charge on any atom is 0.339 e. The highest BCUT2D eigenvalue weighted by Crippen LogP contribution is 2.40. The van der Waals surface area contributed by atoms with Gasteiger partial charge in [0.15, 0.2) is 11.5 Å². The fourth-order valence-corrected chi connectivity index (χ4v) is 3.56. The monoisotopic (exact) mass is 395 g/mol. The van der Waals surface area contributed by atoms with Gasteiger partial charge in [-0.25, -0.2) is 4.79 Å². The van der Waals surface area contributed by atoms with Crippen LogP contribution in [0.3, 0.4) is 0 Å². The zero-order valence-electron chi connectivity index (χ0n) is 18.2. The number of carbonyl (C=O) groups is 1. The number of unbranched alkanes of at least 4 members (excludes halogenated alkanes) is 5. The normalized spacial score (nSPS) is 10.9. The van der Waals surface area contributed by atoms with Crippen LogP contribution in [0.1, 0.15) is 68.3 Å². The minimum Gasteiger partial charge on any atom is -0.496 e. The molecule has 0 bridgehead atoms. The number of carboxylic acids is 1. The third-order valence-corrected chi connectivity index (χ3v) is 5.21. The van der Waals surface area contributed by atoms with Gasteiger partial charge in [-0.1, -0.05) is 39.5 Å². The van der Waals surface area contributed by atoms with Crippen LogP contribution < -0.4 is 14.2 Å². The molecule has 0 aromatic heterocycles. The number of hydrogen-bond donors (Lipinski definition) is 1. The molecule has 1 aromatic carbocycles. The summed E-state index contributed by atoms with van der Waals surface area (Å²) < 4.78 is 16.1. The predicted octanol–water partition coefficient (Wildman–Crippen LogP) is 4.64. The Morgan fingerprint density at radius 1 is 0.893 bits per heavy atom. The predicted molar refractivity (Wildman–Crippen MR) is 112 cm³/mol. The smallest absolute Gasteiger partial charge is 0.339 e. The second-order valence-corrected chi connectivity index (χ2v) is 6.87. The van der Waals surface area contributed by atoms with Gasteiger partial charge in [-0.15, -0.1) is 0 Å². The average molecular weight is 396 g/mol. The quantitative estimate of drug-likeness (QED) is 0.437. The summed E-state index contributed by atoms with van der Waals surface area (Å²) >= 11 is 0. The number of ether oxygens (including phenoxy) is 3. The lowest BCUT2D eigenvalue weighted by Gasteiger charge is -2.18. The molecular weight excluding hydrogens is 358 g/mol. The van der Waals surface area contributed by atoms with Crippen molar-refractivity contribution in [3.8, 4) is 17.2 Å². The molecule has 0 spiro atoms. The summed E-state index contributed by atoms with van der Waals surface area (Å²) in [6, 6.07) is 1.57. The average Bonchev–Trinajstić information content (AvgIpc) is 2.71. The molecule has 0 amide bonds. The second-order valence-electron chi connectivity index (χ2n) is 6.87. The third-order valence-electron chi connectivity index (χ3n) is 5.21. The highest BCUT2D eigenvalue weighted by molar-refractivity contribution is 5.94. The molecule has 0 unspecified atom stereocenters. The summed E-state index contributed by atoms with van der Waals surface area (Å²) in [5.74, 6) is 0.274. The van der Waals surface area contributed by atoms with E-state index in [2.05, 4.69) is 18.7 Å². The number of benzene rings is 1. The van der Waals surface area contributed by atoms with E-state index in [9.17, 15) is 9.90 Å². The van der Waals surface area contributed by atoms with E-state index in [1.54, 1.807) is 13.2 Å². The number of hydrogen-bond acceptors (Lipinski definition) is 5. The summed E-state index contributed by atoms with van der Waals surface area (Å²) in [5, 5.41) is 9.67. The molecule has 0 aliphatic heterocycles. The van der Waals surface area contributed by atoms with Crippen LogP contribution in [-0.4, -0.2) is 56.9 Å². The van der Waals surface area contributed by atoms with Crippen molar-refractivity contribution in [2.24, 2.45) is 0 Å². The van der Waals surface area contributed by atoms with Crippen LogP contribution in [0.5, 0.6) is 17.2 Å². The van der Waals surface area contributed by atoms with Crippen molar-refractivity contribution < 1.29 is 24.1 Å². The van der Waals surface area contributed by atoms with Crippen molar-refractivity contribution in [1.82, 2.24) is 4.90 Å². The second kappa shape index (κ2) is 13.3. The molecule has 0 saturated heterocycles. The van der Waals surface area contributed by atoms with Gasteiger partial charge in [-0.05, 0) is 38.9 Å². The van der Waals surface area contributed by atoms with Crippen LogP contribution in [0.4, 0.5) is 0 Å². The van der Waals surface area contributed by atoms with Crippen LogP contribution in [0, 0.1) is 0 Å². The molecule has 1 rings (SSSR count). The molecule has 0 aliphatic rings. The molecule has 28 heavy (non-hydrogen) atoms. The number of aromatic carboxylic acids is 1. The highest BCUT2D eigenvalue weighted by atomic mass is 16.5. The van der Waals surface area contributed by atoms with E-state index in [1.807, 2.05) is 0 Å². The minimum atomic E-state index is -1.01. The SMILES string of the molecule is CCN(CC)CCCCCCCCc1c(OC)c(OC)cc(OC)c1C(=O)O. The number of nitrogens with zero attached hydrogens (tertiary/aromatic N) is 1. The molecule has 1 N–H and O–H groups in total. The molecule has 0 aliphatic carbocycles. The fourth-order valence-electron chi connectivity index (χ4n) is 3.56. The fraction of sp³-hybridized carbons (Fsp3) is 0.682. The number of rotatable bonds is 15. The van der Waals surface area contributed by atoms with Gasteiger partial charge < -0.3 is 24.2 Å². The van der Waals surface area contributed by atoms with Crippen LogP contribution in [0.25, 0.3) is 0 Å². The largest absolute Gasteiger partial charge is 0.496 e. The number of methoxy groups -OCH3 is 3. The van der Waals surface area contributed by atoms with Crippen molar-refractivity contribution in [2.45, 2.75) is 58.8 Å². The lowest BCUT2D eigenvalue weighted by molar-refractivity contribution is 0.0691. The molecule has 0 fully saturated rings. The third kappa shape index (κ3) is 6.89. The van der Waals surface area contributed by atoms with Crippen molar-refractivity contribution >= 4 is 5.97 Å². The molecule has 6 nitrogen and oxygen atoms in total. The van der Waals surface area contributed by atoms with Gasteiger partial charge in [-0.2, -0.15) is 0 Å². The zero-order valence-corrected chi connectivity index (χ0v) is 18.2. The standard InChI is InChI=1S/C22H37NO5/c1-6-23(7-2)15-13-11-9-8-10-12-14-17-20(22(24)25)18(26-3)16-19(27-4)21(17)28-5/h16H,6-15H2,1-5H3,(H,24,25). The molecule has 1 aromatic rings. The summed E-state index contributed by atoms with van der Waals surface area (Å²) in [6.45, 7) is 7.83. The maximum atomic E-state index is 11.8. The Balaban J connectivity index is 2.62. The Bertz CT molecular complexity index is 599. The van der Waals surface area contributed by atoms with E-state index in [0.29, 0.717) is 29.2 Å². The van der Waals surface area contributed by atoms with Crippen molar-refractivity contribution in [3.05, 3.63) is 17.2 Å². The van der Waals surface area contributed by atoms with Crippen molar-refractivity contribution in [3.63, 3.8) is 0 Å². The Morgan fingerprint density at radius 2 is 1.46 bits per heavy atom. The van der Waals surface area contributed by atoms with Gasteiger partial charge in [0, 0.05) is 11.6 Å². The molecule has 0 saturated carbocycles. The molecule has 160 valence electrons. The first-order valence-electron chi connectivity index (χ1n) is 10.3. The molecule has 0 atom stereocenters. The van der Waals surface area contributed by atoms with Crippen LogP contribution in [-0.2, 0) is 6.42 Å². The van der Waals surface area contributed by atoms with Gasteiger partial charge in [-0.3, -0.25) is 0 Å².